The lowest BCUT2D eigenvalue weighted by Gasteiger charge is -2.35. The molecule has 1 fully saturated rings. The lowest BCUT2D eigenvalue weighted by atomic mass is 9.78. The number of carbonyl (C=O) groups is 1. The van der Waals surface area contributed by atoms with E-state index in [9.17, 15) is 4.79 Å². The molecule has 0 aromatic heterocycles. The summed E-state index contributed by atoms with van der Waals surface area (Å²) in [5.41, 5.74) is -0.435. The number of hydrogen-bond donors (Lipinski definition) is 2. The quantitative estimate of drug-likeness (QED) is 0.813. The van der Waals surface area contributed by atoms with Gasteiger partial charge < -0.3 is 15.4 Å². The molecule has 1 amide bonds. The van der Waals surface area contributed by atoms with E-state index in [1.165, 1.54) is 19.3 Å². The zero-order chi connectivity index (χ0) is 16.0. The maximum absolute atomic E-state index is 11.7. The normalized spacial score (nSPS) is 28.0. The average Bonchev–Trinajstić information content (AvgIpc) is 2.32. The molecule has 0 saturated heterocycles. The van der Waals surface area contributed by atoms with Crippen LogP contribution in [-0.2, 0) is 4.74 Å². The number of alkyl carbamates (subject to hydrolysis) is 1. The van der Waals surface area contributed by atoms with Crippen LogP contribution in [0.4, 0.5) is 4.79 Å². The molecule has 0 aromatic carbocycles. The first kappa shape index (κ1) is 18.3. The minimum absolute atomic E-state index is 0.128. The Balaban J connectivity index is 2.21. The van der Waals surface area contributed by atoms with Crippen molar-refractivity contribution in [3.63, 3.8) is 0 Å². The highest BCUT2D eigenvalue weighted by Crippen LogP contribution is 2.29. The van der Waals surface area contributed by atoms with Gasteiger partial charge in [-0.25, -0.2) is 4.79 Å². The van der Waals surface area contributed by atoms with Crippen LogP contribution in [0.1, 0.15) is 67.2 Å². The molecule has 2 N–H and O–H groups in total. The van der Waals surface area contributed by atoms with E-state index in [0.29, 0.717) is 6.04 Å². The van der Waals surface area contributed by atoms with Crippen molar-refractivity contribution in [2.75, 3.05) is 6.54 Å². The van der Waals surface area contributed by atoms with Crippen LogP contribution in [0.2, 0.25) is 0 Å². The second-order valence-corrected chi connectivity index (χ2v) is 7.66. The largest absolute Gasteiger partial charge is 0.444 e. The molecule has 4 atom stereocenters. The highest BCUT2D eigenvalue weighted by molar-refractivity contribution is 5.67. The molecule has 0 aromatic rings. The molecular formula is C17H34N2O2. The average molecular weight is 298 g/mol. The van der Waals surface area contributed by atoms with Gasteiger partial charge in [0.1, 0.15) is 5.60 Å². The van der Waals surface area contributed by atoms with Gasteiger partial charge in [-0.1, -0.05) is 26.7 Å². The van der Waals surface area contributed by atoms with Gasteiger partial charge in [-0.2, -0.15) is 0 Å². The summed E-state index contributed by atoms with van der Waals surface area (Å²) in [6.07, 6.45) is 4.57. The van der Waals surface area contributed by atoms with Crippen LogP contribution in [0.15, 0.2) is 0 Å². The van der Waals surface area contributed by atoms with E-state index in [-0.39, 0.29) is 12.1 Å². The monoisotopic (exact) mass is 298 g/mol. The SMILES string of the molecule is CC(CCNC1CCCC(C)C1C)NC(=O)OC(C)(C)C. The van der Waals surface area contributed by atoms with Gasteiger partial charge in [-0.15, -0.1) is 0 Å². The molecule has 1 aliphatic carbocycles. The third-order valence-electron chi connectivity index (χ3n) is 4.45. The molecule has 124 valence electrons. The van der Waals surface area contributed by atoms with Crippen LogP contribution >= 0.6 is 0 Å². The third-order valence-corrected chi connectivity index (χ3v) is 4.45. The summed E-state index contributed by atoms with van der Waals surface area (Å²) in [6.45, 7) is 13.3. The van der Waals surface area contributed by atoms with Gasteiger partial charge in [-0.3, -0.25) is 0 Å². The number of hydrogen-bond acceptors (Lipinski definition) is 3. The van der Waals surface area contributed by atoms with Crippen LogP contribution in [-0.4, -0.2) is 30.3 Å². The summed E-state index contributed by atoms with van der Waals surface area (Å²) in [7, 11) is 0. The highest BCUT2D eigenvalue weighted by Gasteiger charge is 2.26. The minimum atomic E-state index is -0.435. The summed E-state index contributed by atoms with van der Waals surface area (Å²) < 4.78 is 5.27. The van der Waals surface area contributed by atoms with Gasteiger partial charge in [0.05, 0.1) is 0 Å². The molecule has 0 bridgehead atoms. The fraction of sp³-hybridized carbons (Fsp3) is 0.941. The van der Waals surface area contributed by atoms with Gasteiger partial charge in [0.15, 0.2) is 0 Å². The first-order chi connectivity index (χ1) is 9.69. The molecular weight excluding hydrogens is 264 g/mol. The Labute approximate surface area is 130 Å². The lowest BCUT2D eigenvalue weighted by molar-refractivity contribution is 0.0506. The molecule has 21 heavy (non-hydrogen) atoms. The second-order valence-electron chi connectivity index (χ2n) is 7.66. The first-order valence-electron chi connectivity index (χ1n) is 8.42. The molecule has 1 rings (SSSR count). The molecule has 4 heteroatoms. The molecule has 0 heterocycles. The molecule has 1 saturated carbocycles. The minimum Gasteiger partial charge on any atom is -0.444 e. The predicted molar refractivity (Wildman–Crippen MR) is 87.4 cm³/mol. The van der Waals surface area contributed by atoms with Crippen LogP contribution in [0, 0.1) is 11.8 Å². The molecule has 4 nitrogen and oxygen atoms in total. The summed E-state index contributed by atoms with van der Waals surface area (Å²) in [5.74, 6) is 1.56. The van der Waals surface area contributed by atoms with Crippen LogP contribution < -0.4 is 10.6 Å². The molecule has 0 spiro atoms. The Bertz CT molecular complexity index is 325. The van der Waals surface area contributed by atoms with Gasteiger partial charge in [0, 0.05) is 12.1 Å². The Kier molecular flexibility index (Phi) is 6.98. The molecule has 4 unspecified atom stereocenters. The Morgan fingerprint density at radius 2 is 1.95 bits per heavy atom. The van der Waals surface area contributed by atoms with E-state index in [1.54, 1.807) is 0 Å². The summed E-state index contributed by atoms with van der Waals surface area (Å²) in [4.78, 5) is 11.7. The predicted octanol–water partition coefficient (Wildman–Crippen LogP) is 3.70. The van der Waals surface area contributed by atoms with Gasteiger partial charge in [-0.05, 0) is 58.9 Å². The van der Waals surface area contributed by atoms with E-state index in [2.05, 4.69) is 24.5 Å². The van der Waals surface area contributed by atoms with Crippen molar-refractivity contribution in [3.05, 3.63) is 0 Å². The number of ether oxygens (including phenoxy) is 1. The standard InChI is InChI=1S/C17H34N2O2/c1-12-8-7-9-15(14(12)3)18-11-10-13(2)19-16(20)21-17(4,5)6/h12-15,18H,7-11H2,1-6H3,(H,19,20). The van der Waals surface area contributed by atoms with Crippen LogP contribution in [0.25, 0.3) is 0 Å². The fourth-order valence-corrected chi connectivity index (χ4v) is 2.94. The number of carbonyl (C=O) groups excluding carboxylic acids is 1. The van der Waals surface area contributed by atoms with Gasteiger partial charge in [0.2, 0.25) is 0 Å². The van der Waals surface area contributed by atoms with Crippen LogP contribution in [0.5, 0.6) is 0 Å². The fourth-order valence-electron chi connectivity index (χ4n) is 2.94. The Morgan fingerprint density at radius 1 is 1.29 bits per heavy atom. The zero-order valence-electron chi connectivity index (χ0n) is 14.7. The zero-order valence-corrected chi connectivity index (χ0v) is 14.7. The van der Waals surface area contributed by atoms with E-state index in [4.69, 9.17) is 4.74 Å². The topological polar surface area (TPSA) is 50.4 Å². The molecule has 0 radical (unpaired) electrons. The summed E-state index contributed by atoms with van der Waals surface area (Å²) in [5, 5.41) is 6.56. The number of rotatable bonds is 5. The lowest BCUT2D eigenvalue weighted by Crippen LogP contribution is -2.43. The third kappa shape index (κ3) is 7.16. The Hall–Kier alpha value is -0.770. The van der Waals surface area contributed by atoms with Crippen LogP contribution in [0.3, 0.4) is 0 Å². The van der Waals surface area contributed by atoms with Crippen molar-refractivity contribution >= 4 is 6.09 Å². The molecule has 0 aliphatic heterocycles. The number of amides is 1. The maximum atomic E-state index is 11.7. The van der Waals surface area contributed by atoms with Crippen molar-refractivity contribution in [2.24, 2.45) is 11.8 Å². The second kappa shape index (κ2) is 8.02. The van der Waals surface area contributed by atoms with Crippen molar-refractivity contribution in [3.8, 4) is 0 Å². The molecule has 1 aliphatic rings. The summed E-state index contributed by atoms with van der Waals surface area (Å²) in [6, 6.07) is 0.756. The van der Waals surface area contributed by atoms with Crippen molar-refractivity contribution in [1.29, 1.82) is 0 Å². The van der Waals surface area contributed by atoms with Crippen molar-refractivity contribution in [1.82, 2.24) is 10.6 Å². The maximum Gasteiger partial charge on any atom is 0.407 e. The van der Waals surface area contributed by atoms with E-state index < -0.39 is 5.60 Å². The van der Waals surface area contributed by atoms with E-state index in [1.807, 2.05) is 27.7 Å². The van der Waals surface area contributed by atoms with Gasteiger partial charge >= 0.3 is 6.09 Å². The summed E-state index contributed by atoms with van der Waals surface area (Å²) >= 11 is 0. The van der Waals surface area contributed by atoms with Gasteiger partial charge in [0.25, 0.3) is 0 Å². The van der Waals surface area contributed by atoms with E-state index in [0.717, 1.165) is 24.8 Å². The van der Waals surface area contributed by atoms with Crippen molar-refractivity contribution in [2.45, 2.75) is 84.9 Å². The number of nitrogens with one attached hydrogen (secondary N) is 2. The smallest absolute Gasteiger partial charge is 0.407 e. The first-order valence-corrected chi connectivity index (χ1v) is 8.42. The Morgan fingerprint density at radius 3 is 2.57 bits per heavy atom. The van der Waals surface area contributed by atoms with E-state index >= 15 is 0 Å². The van der Waals surface area contributed by atoms with Crippen molar-refractivity contribution < 1.29 is 9.53 Å². The highest BCUT2D eigenvalue weighted by atomic mass is 16.6.